The summed E-state index contributed by atoms with van der Waals surface area (Å²) in [4.78, 5) is 17.1. The minimum atomic E-state index is -3.84. The smallest absolute Gasteiger partial charge is 0.338 e. The van der Waals surface area contributed by atoms with E-state index in [9.17, 15) is 13.2 Å². The number of hydrogen-bond acceptors (Lipinski definition) is 5. The molecule has 0 unspecified atom stereocenters. The number of aromatic nitrogens is 2. The van der Waals surface area contributed by atoms with Crippen LogP contribution in [-0.4, -0.2) is 30.3 Å². The Labute approximate surface area is 187 Å². The van der Waals surface area contributed by atoms with Gasteiger partial charge in [0.2, 0.25) is 0 Å². The van der Waals surface area contributed by atoms with E-state index in [1.54, 1.807) is 37.4 Å². The second-order valence-electron chi connectivity index (χ2n) is 7.26. The summed E-state index contributed by atoms with van der Waals surface area (Å²) in [7, 11) is -3.84. The van der Waals surface area contributed by atoms with Crippen molar-refractivity contribution in [2.24, 2.45) is 0 Å². The third kappa shape index (κ3) is 4.22. The summed E-state index contributed by atoms with van der Waals surface area (Å²) in [6.45, 7) is 3.97. The van der Waals surface area contributed by atoms with Crippen molar-refractivity contribution in [3.63, 3.8) is 0 Å². The van der Waals surface area contributed by atoms with E-state index in [2.05, 4.69) is 4.98 Å². The van der Waals surface area contributed by atoms with Crippen LogP contribution in [0.15, 0.2) is 84.0 Å². The summed E-state index contributed by atoms with van der Waals surface area (Å²) >= 11 is 0. The minimum Gasteiger partial charge on any atom is -0.456 e. The zero-order chi connectivity index (χ0) is 22.7. The third-order valence-electron chi connectivity index (χ3n) is 5.07. The summed E-state index contributed by atoms with van der Waals surface area (Å²) in [6.07, 6.45) is 3.68. The Morgan fingerprint density at radius 3 is 2.56 bits per heavy atom. The largest absolute Gasteiger partial charge is 0.456 e. The van der Waals surface area contributed by atoms with E-state index in [1.807, 2.05) is 35.7 Å². The van der Waals surface area contributed by atoms with Gasteiger partial charge in [0.15, 0.2) is 0 Å². The molecule has 0 atom stereocenters. The van der Waals surface area contributed by atoms with Gasteiger partial charge < -0.3 is 9.14 Å². The van der Waals surface area contributed by atoms with E-state index in [0.717, 1.165) is 11.2 Å². The molecule has 0 aliphatic carbocycles. The number of anilines is 1. The third-order valence-corrected chi connectivity index (χ3v) is 6.97. The van der Waals surface area contributed by atoms with Gasteiger partial charge >= 0.3 is 5.97 Å². The highest BCUT2D eigenvalue weighted by Gasteiger charge is 2.24. The zero-order valence-corrected chi connectivity index (χ0v) is 18.6. The van der Waals surface area contributed by atoms with Crippen LogP contribution in [0.25, 0.3) is 5.65 Å². The summed E-state index contributed by atoms with van der Waals surface area (Å²) in [5.41, 5.74) is 3.15. The predicted octanol–water partition coefficient (Wildman–Crippen LogP) is 4.21. The lowest BCUT2D eigenvalue weighted by Gasteiger charge is -2.23. The summed E-state index contributed by atoms with van der Waals surface area (Å²) in [6, 6.07) is 18.6. The SMILES string of the molecule is CCN(c1ccccc1)S(=O)(=O)c1cccc(C(=O)OCc2cn3cccc(C)c3n2)c1. The molecule has 0 aliphatic rings. The van der Waals surface area contributed by atoms with Gasteiger partial charge in [-0.05, 0) is 55.8 Å². The molecule has 0 amide bonds. The number of rotatable bonds is 7. The van der Waals surface area contributed by atoms with Crippen molar-refractivity contribution < 1.29 is 17.9 Å². The van der Waals surface area contributed by atoms with Crippen LogP contribution >= 0.6 is 0 Å². The number of sulfonamides is 1. The summed E-state index contributed by atoms with van der Waals surface area (Å²) in [5, 5.41) is 0. The minimum absolute atomic E-state index is 0.0119. The number of aryl methyl sites for hydroxylation is 1. The number of hydrogen-bond donors (Lipinski definition) is 0. The highest BCUT2D eigenvalue weighted by molar-refractivity contribution is 7.92. The van der Waals surface area contributed by atoms with Crippen LogP contribution in [0.5, 0.6) is 0 Å². The molecular formula is C24H23N3O4S. The maximum atomic E-state index is 13.2. The van der Waals surface area contributed by atoms with E-state index in [0.29, 0.717) is 11.4 Å². The van der Waals surface area contributed by atoms with Crippen molar-refractivity contribution in [3.05, 3.63) is 95.9 Å². The molecule has 164 valence electrons. The van der Waals surface area contributed by atoms with Gasteiger partial charge in [-0.2, -0.15) is 0 Å². The molecule has 32 heavy (non-hydrogen) atoms. The van der Waals surface area contributed by atoms with E-state index in [-0.39, 0.29) is 23.6 Å². The van der Waals surface area contributed by atoms with E-state index >= 15 is 0 Å². The van der Waals surface area contributed by atoms with Crippen LogP contribution in [0.3, 0.4) is 0 Å². The quantitative estimate of drug-likeness (QED) is 0.395. The van der Waals surface area contributed by atoms with E-state index < -0.39 is 16.0 Å². The van der Waals surface area contributed by atoms with Crippen molar-refractivity contribution in [2.75, 3.05) is 10.8 Å². The first kappa shape index (κ1) is 21.6. The first-order chi connectivity index (χ1) is 15.4. The van der Waals surface area contributed by atoms with Crippen LogP contribution in [0.2, 0.25) is 0 Å². The number of esters is 1. The Kier molecular flexibility index (Phi) is 5.96. The Morgan fingerprint density at radius 1 is 1.06 bits per heavy atom. The molecule has 0 radical (unpaired) electrons. The number of ether oxygens (including phenoxy) is 1. The molecule has 4 rings (SSSR count). The summed E-state index contributed by atoms with van der Waals surface area (Å²) in [5.74, 6) is -0.612. The number of pyridine rings is 1. The number of imidazole rings is 1. The number of para-hydroxylation sites is 1. The molecule has 0 bridgehead atoms. The lowest BCUT2D eigenvalue weighted by Crippen LogP contribution is -2.30. The van der Waals surface area contributed by atoms with Gasteiger partial charge in [0.25, 0.3) is 10.0 Å². The molecule has 0 fully saturated rings. The lowest BCUT2D eigenvalue weighted by atomic mass is 10.2. The first-order valence-corrected chi connectivity index (χ1v) is 11.6. The van der Waals surface area contributed by atoms with Gasteiger partial charge in [0.05, 0.1) is 21.8 Å². The number of benzene rings is 2. The topological polar surface area (TPSA) is 81.0 Å². The summed E-state index contributed by atoms with van der Waals surface area (Å²) < 4.78 is 35.0. The fraction of sp³-hybridized carbons (Fsp3) is 0.167. The van der Waals surface area contributed by atoms with Crippen LogP contribution in [0.1, 0.15) is 28.5 Å². The van der Waals surface area contributed by atoms with Gasteiger partial charge in [-0.25, -0.2) is 18.2 Å². The maximum absolute atomic E-state index is 13.2. The molecule has 8 heteroatoms. The molecule has 2 heterocycles. The molecule has 7 nitrogen and oxygen atoms in total. The van der Waals surface area contributed by atoms with E-state index in [4.69, 9.17) is 4.74 Å². The molecule has 0 N–H and O–H groups in total. The number of carbonyl (C=O) groups is 1. The fourth-order valence-electron chi connectivity index (χ4n) is 3.49. The average molecular weight is 450 g/mol. The number of fused-ring (bicyclic) bond motifs is 1. The Hall–Kier alpha value is -3.65. The van der Waals surface area contributed by atoms with Crippen molar-refractivity contribution in [3.8, 4) is 0 Å². The van der Waals surface area contributed by atoms with Crippen LogP contribution in [-0.2, 0) is 21.4 Å². The number of nitrogens with zero attached hydrogens (tertiary/aromatic N) is 3. The number of carbonyl (C=O) groups excluding carboxylic acids is 1. The van der Waals surface area contributed by atoms with Gasteiger partial charge in [-0.1, -0.05) is 30.3 Å². The van der Waals surface area contributed by atoms with Crippen molar-refractivity contribution in [2.45, 2.75) is 25.3 Å². The average Bonchev–Trinajstić information content (AvgIpc) is 3.23. The monoisotopic (exact) mass is 449 g/mol. The van der Waals surface area contributed by atoms with Gasteiger partial charge in [0.1, 0.15) is 12.3 Å². The van der Waals surface area contributed by atoms with Gasteiger partial charge in [-0.15, -0.1) is 0 Å². The first-order valence-electron chi connectivity index (χ1n) is 10.2. The molecule has 0 spiro atoms. The van der Waals surface area contributed by atoms with Gasteiger partial charge in [0, 0.05) is 18.9 Å². The molecule has 2 aromatic heterocycles. The highest BCUT2D eigenvalue weighted by atomic mass is 32.2. The van der Waals surface area contributed by atoms with E-state index in [1.165, 1.54) is 28.6 Å². The maximum Gasteiger partial charge on any atom is 0.338 e. The predicted molar refractivity (Wildman–Crippen MR) is 122 cm³/mol. The Bertz CT molecular complexity index is 1360. The highest BCUT2D eigenvalue weighted by Crippen LogP contribution is 2.24. The normalized spacial score (nSPS) is 11.4. The van der Waals surface area contributed by atoms with Crippen molar-refractivity contribution in [1.82, 2.24) is 9.38 Å². The van der Waals surface area contributed by atoms with Crippen LogP contribution in [0.4, 0.5) is 5.69 Å². The molecule has 0 saturated carbocycles. The van der Waals surface area contributed by atoms with Crippen LogP contribution in [0, 0.1) is 6.92 Å². The standard InChI is InChI=1S/C24H23N3O4S/c1-3-27(21-11-5-4-6-12-21)32(29,30)22-13-7-10-19(15-22)24(28)31-17-20-16-26-14-8-9-18(2)23(26)25-20/h4-16H,3,17H2,1-2H3. The van der Waals surface area contributed by atoms with Crippen LogP contribution < -0.4 is 4.31 Å². The zero-order valence-electron chi connectivity index (χ0n) is 17.8. The Morgan fingerprint density at radius 2 is 1.84 bits per heavy atom. The molecule has 0 aliphatic heterocycles. The molecule has 2 aromatic carbocycles. The van der Waals surface area contributed by atoms with Crippen molar-refractivity contribution in [1.29, 1.82) is 0 Å². The molecule has 4 aromatic rings. The van der Waals surface area contributed by atoms with Gasteiger partial charge in [-0.3, -0.25) is 4.31 Å². The molecule has 0 saturated heterocycles. The lowest BCUT2D eigenvalue weighted by molar-refractivity contribution is 0.0468. The Balaban J connectivity index is 1.53. The van der Waals surface area contributed by atoms with Crippen molar-refractivity contribution >= 4 is 27.3 Å². The molecular weight excluding hydrogens is 426 g/mol. The second-order valence-corrected chi connectivity index (χ2v) is 9.13. The fourth-order valence-corrected chi connectivity index (χ4v) is 5.01. The second kappa shape index (κ2) is 8.84.